The molecule has 2 aromatic rings. The van der Waals surface area contributed by atoms with Crippen LogP contribution in [0.1, 0.15) is 28.9 Å². The first-order chi connectivity index (χ1) is 10.7. The van der Waals surface area contributed by atoms with Crippen LogP contribution in [0.2, 0.25) is 0 Å². The highest BCUT2D eigenvalue weighted by Crippen LogP contribution is 2.24. The lowest BCUT2D eigenvalue weighted by atomic mass is 10.1. The molecule has 1 fully saturated rings. The molecule has 0 radical (unpaired) electrons. The summed E-state index contributed by atoms with van der Waals surface area (Å²) >= 11 is 0. The zero-order valence-corrected chi connectivity index (χ0v) is 12.2. The first kappa shape index (κ1) is 14.5. The van der Waals surface area contributed by atoms with Crippen LogP contribution >= 0.6 is 0 Å². The summed E-state index contributed by atoms with van der Waals surface area (Å²) in [5, 5.41) is 6.15. The Morgan fingerprint density at radius 3 is 2.59 bits per heavy atom. The van der Waals surface area contributed by atoms with Gasteiger partial charge < -0.3 is 10.6 Å². The summed E-state index contributed by atoms with van der Waals surface area (Å²) in [7, 11) is 0. The SMILES string of the molecule is O=C(NCCc1ccc(F)cc1)c1ccc(NC2CC2)cn1. The van der Waals surface area contributed by atoms with E-state index in [9.17, 15) is 9.18 Å². The number of amides is 1. The Hall–Kier alpha value is -2.43. The van der Waals surface area contributed by atoms with Crippen molar-refractivity contribution in [3.8, 4) is 0 Å². The van der Waals surface area contributed by atoms with E-state index in [0.29, 0.717) is 24.7 Å². The number of carbonyl (C=O) groups excluding carboxylic acids is 1. The quantitative estimate of drug-likeness (QED) is 0.862. The molecule has 0 aliphatic heterocycles. The van der Waals surface area contributed by atoms with Crippen LogP contribution in [0.3, 0.4) is 0 Å². The smallest absolute Gasteiger partial charge is 0.269 e. The molecule has 4 nitrogen and oxygen atoms in total. The Morgan fingerprint density at radius 1 is 1.18 bits per heavy atom. The molecule has 1 aromatic heterocycles. The molecule has 1 aliphatic rings. The first-order valence-electron chi connectivity index (χ1n) is 7.46. The van der Waals surface area contributed by atoms with Gasteiger partial charge in [0.05, 0.1) is 11.9 Å². The van der Waals surface area contributed by atoms with E-state index in [4.69, 9.17) is 0 Å². The third kappa shape index (κ3) is 4.04. The van der Waals surface area contributed by atoms with Gasteiger partial charge in [0.15, 0.2) is 0 Å². The van der Waals surface area contributed by atoms with Crippen molar-refractivity contribution in [3.63, 3.8) is 0 Å². The maximum Gasteiger partial charge on any atom is 0.269 e. The first-order valence-corrected chi connectivity index (χ1v) is 7.46. The highest BCUT2D eigenvalue weighted by molar-refractivity contribution is 5.92. The average Bonchev–Trinajstić information content (AvgIpc) is 3.34. The molecule has 0 saturated heterocycles. The van der Waals surface area contributed by atoms with Gasteiger partial charge in [0, 0.05) is 12.6 Å². The number of aromatic nitrogens is 1. The molecule has 1 heterocycles. The molecule has 2 N–H and O–H groups in total. The maximum absolute atomic E-state index is 12.8. The van der Waals surface area contributed by atoms with E-state index in [1.807, 2.05) is 6.07 Å². The van der Waals surface area contributed by atoms with Crippen molar-refractivity contribution in [2.75, 3.05) is 11.9 Å². The number of anilines is 1. The number of hydrogen-bond donors (Lipinski definition) is 2. The minimum absolute atomic E-state index is 0.194. The fraction of sp³-hybridized carbons (Fsp3) is 0.294. The molecule has 5 heteroatoms. The molecule has 0 atom stereocenters. The normalized spacial score (nSPS) is 13.7. The molecule has 0 unspecified atom stereocenters. The average molecular weight is 299 g/mol. The number of halogens is 1. The topological polar surface area (TPSA) is 54.0 Å². The largest absolute Gasteiger partial charge is 0.381 e. The number of pyridine rings is 1. The monoisotopic (exact) mass is 299 g/mol. The summed E-state index contributed by atoms with van der Waals surface area (Å²) in [5.41, 5.74) is 2.34. The third-order valence-electron chi connectivity index (χ3n) is 3.56. The van der Waals surface area contributed by atoms with Gasteiger partial charge in [-0.05, 0) is 49.1 Å². The van der Waals surface area contributed by atoms with Gasteiger partial charge in [-0.25, -0.2) is 9.37 Å². The third-order valence-corrected chi connectivity index (χ3v) is 3.56. The summed E-state index contributed by atoms with van der Waals surface area (Å²) in [4.78, 5) is 16.2. The van der Waals surface area contributed by atoms with E-state index < -0.39 is 0 Å². The minimum atomic E-state index is -0.253. The molecule has 1 aliphatic carbocycles. The van der Waals surface area contributed by atoms with Crippen LogP contribution in [-0.4, -0.2) is 23.5 Å². The summed E-state index contributed by atoms with van der Waals surface area (Å²) < 4.78 is 12.8. The molecular formula is C17H18FN3O. The van der Waals surface area contributed by atoms with E-state index >= 15 is 0 Å². The number of nitrogens with one attached hydrogen (secondary N) is 2. The number of hydrogen-bond acceptors (Lipinski definition) is 3. The lowest BCUT2D eigenvalue weighted by Gasteiger charge is -2.07. The van der Waals surface area contributed by atoms with Gasteiger partial charge in [-0.3, -0.25) is 4.79 Å². The maximum atomic E-state index is 12.8. The van der Waals surface area contributed by atoms with Gasteiger partial charge in [-0.15, -0.1) is 0 Å². The van der Waals surface area contributed by atoms with Gasteiger partial charge in [0.25, 0.3) is 5.91 Å². The number of carbonyl (C=O) groups is 1. The summed E-state index contributed by atoms with van der Waals surface area (Å²) in [6.45, 7) is 0.494. The van der Waals surface area contributed by atoms with Crippen molar-refractivity contribution in [2.24, 2.45) is 0 Å². The van der Waals surface area contributed by atoms with E-state index in [1.165, 1.54) is 25.0 Å². The number of benzene rings is 1. The molecule has 22 heavy (non-hydrogen) atoms. The van der Waals surface area contributed by atoms with Crippen LogP contribution in [0.5, 0.6) is 0 Å². The zero-order valence-electron chi connectivity index (χ0n) is 12.2. The highest BCUT2D eigenvalue weighted by Gasteiger charge is 2.20. The second-order valence-corrected chi connectivity index (χ2v) is 5.48. The van der Waals surface area contributed by atoms with E-state index in [-0.39, 0.29) is 11.7 Å². The van der Waals surface area contributed by atoms with Crippen molar-refractivity contribution < 1.29 is 9.18 Å². The van der Waals surface area contributed by atoms with Crippen molar-refractivity contribution in [1.82, 2.24) is 10.3 Å². The van der Waals surface area contributed by atoms with Crippen molar-refractivity contribution >= 4 is 11.6 Å². The Kier molecular flexibility index (Phi) is 4.32. The molecule has 1 aromatic carbocycles. The lowest BCUT2D eigenvalue weighted by Crippen LogP contribution is -2.26. The molecule has 3 rings (SSSR count). The number of rotatable bonds is 6. The van der Waals surface area contributed by atoms with Gasteiger partial charge >= 0.3 is 0 Å². The van der Waals surface area contributed by atoms with Crippen LogP contribution in [0.15, 0.2) is 42.6 Å². The van der Waals surface area contributed by atoms with Gasteiger partial charge in [0.2, 0.25) is 0 Å². The lowest BCUT2D eigenvalue weighted by molar-refractivity contribution is 0.0949. The second kappa shape index (κ2) is 6.56. The van der Waals surface area contributed by atoms with E-state index in [1.54, 1.807) is 24.4 Å². The zero-order chi connectivity index (χ0) is 15.4. The molecule has 1 amide bonds. The molecule has 0 spiro atoms. The Balaban J connectivity index is 1.47. The molecule has 1 saturated carbocycles. The Labute approximate surface area is 128 Å². The van der Waals surface area contributed by atoms with Crippen molar-refractivity contribution in [1.29, 1.82) is 0 Å². The van der Waals surface area contributed by atoms with Crippen LogP contribution in [0, 0.1) is 5.82 Å². The second-order valence-electron chi connectivity index (χ2n) is 5.48. The highest BCUT2D eigenvalue weighted by atomic mass is 19.1. The fourth-order valence-corrected chi connectivity index (χ4v) is 2.14. The standard InChI is InChI=1S/C17H18FN3O/c18-13-3-1-12(2-4-13)9-10-19-17(22)16-8-7-15(11-20-16)21-14-5-6-14/h1-4,7-8,11,14,21H,5-6,9-10H2,(H,19,22). The van der Waals surface area contributed by atoms with Crippen LogP contribution in [0.4, 0.5) is 10.1 Å². The summed E-state index contributed by atoms with van der Waals surface area (Å²) in [6, 6.07) is 10.4. The number of nitrogens with zero attached hydrogens (tertiary/aromatic N) is 1. The molecular weight excluding hydrogens is 281 g/mol. The summed E-state index contributed by atoms with van der Waals surface area (Å²) in [5.74, 6) is -0.447. The minimum Gasteiger partial charge on any atom is -0.381 e. The predicted molar refractivity (Wildman–Crippen MR) is 83.3 cm³/mol. The molecule has 0 bridgehead atoms. The van der Waals surface area contributed by atoms with Crippen LogP contribution < -0.4 is 10.6 Å². The van der Waals surface area contributed by atoms with Gasteiger partial charge in [0.1, 0.15) is 11.5 Å². The van der Waals surface area contributed by atoms with Crippen LogP contribution in [-0.2, 0) is 6.42 Å². The summed E-state index contributed by atoms with van der Waals surface area (Å²) in [6.07, 6.45) is 4.75. The predicted octanol–water partition coefficient (Wildman–Crippen LogP) is 2.77. The van der Waals surface area contributed by atoms with Crippen LogP contribution in [0.25, 0.3) is 0 Å². The van der Waals surface area contributed by atoms with Crippen molar-refractivity contribution in [2.45, 2.75) is 25.3 Å². The van der Waals surface area contributed by atoms with Gasteiger partial charge in [-0.2, -0.15) is 0 Å². The van der Waals surface area contributed by atoms with Gasteiger partial charge in [-0.1, -0.05) is 12.1 Å². The Morgan fingerprint density at radius 2 is 1.95 bits per heavy atom. The van der Waals surface area contributed by atoms with E-state index in [0.717, 1.165) is 11.3 Å². The van der Waals surface area contributed by atoms with Crippen molar-refractivity contribution in [3.05, 3.63) is 59.7 Å². The Bertz CT molecular complexity index is 636. The fourth-order valence-electron chi connectivity index (χ4n) is 2.14. The molecule has 114 valence electrons. The van der Waals surface area contributed by atoms with E-state index in [2.05, 4.69) is 15.6 Å².